The fraction of sp³-hybridized carbons (Fsp3) is 0.500. The molecular weight excluding hydrogens is 571 g/mol. The molecule has 2 aromatic carbocycles. The number of esters is 2. The molecule has 6 nitrogen and oxygen atoms in total. The summed E-state index contributed by atoms with van der Waals surface area (Å²) in [7, 11) is 0. The molecule has 0 heterocycles. The number of carboxylic acid groups (broad SMARTS) is 1. The number of carbonyl (C=O) groups excluding carboxylic acids is 3. The number of carboxylic acids is 1. The Kier molecular flexibility index (Phi) is 14.0. The Balaban J connectivity index is 1.68. The average molecular weight is 620 g/mol. The van der Waals surface area contributed by atoms with E-state index in [0.717, 1.165) is 32.1 Å². The summed E-state index contributed by atoms with van der Waals surface area (Å²) in [6.45, 7) is 8.23. The van der Waals surface area contributed by atoms with Crippen LogP contribution < -0.4 is 9.84 Å². The lowest BCUT2D eigenvalue weighted by Crippen LogP contribution is -2.47. The number of unbranched alkanes of at least 4 members (excludes halogenated alkanes) is 6. The molecule has 3 unspecified atom stereocenters. The molecule has 0 saturated carbocycles. The lowest BCUT2D eigenvalue weighted by Gasteiger charge is -2.35. The zero-order chi connectivity index (χ0) is 32.8. The van der Waals surface area contributed by atoms with Crippen molar-refractivity contribution in [2.24, 2.45) is 5.92 Å². The molecule has 0 aromatic heterocycles. The highest BCUT2D eigenvalue weighted by Crippen LogP contribution is 2.42. The molecule has 3 rings (SSSR count). The molecule has 0 radical (unpaired) electrons. The summed E-state index contributed by atoms with van der Waals surface area (Å²) in [4.78, 5) is 38.0. The van der Waals surface area contributed by atoms with Gasteiger partial charge in [0.05, 0.1) is 17.6 Å². The summed E-state index contributed by atoms with van der Waals surface area (Å²) in [6, 6.07) is 12.7. The summed E-state index contributed by atoms with van der Waals surface area (Å²) in [5.74, 6) is -3.27. The van der Waals surface area contributed by atoms with Crippen molar-refractivity contribution in [1.29, 1.82) is 0 Å². The number of hydrogen-bond donors (Lipinski definition) is 0. The highest BCUT2D eigenvalue weighted by atomic mass is 19.1. The molecule has 0 saturated heterocycles. The smallest absolute Gasteiger partial charge is 0.338 e. The minimum atomic E-state index is -2.28. The maximum absolute atomic E-state index is 16.0. The topological polar surface area (TPSA) is 92.7 Å². The van der Waals surface area contributed by atoms with Crippen LogP contribution in [0, 0.1) is 5.92 Å². The molecule has 0 fully saturated rings. The molecule has 0 amide bonds. The van der Waals surface area contributed by atoms with Crippen LogP contribution in [0.2, 0.25) is 0 Å². The van der Waals surface area contributed by atoms with Crippen molar-refractivity contribution in [2.75, 3.05) is 0 Å². The molecule has 45 heavy (non-hydrogen) atoms. The van der Waals surface area contributed by atoms with E-state index in [2.05, 4.69) is 20.8 Å². The number of carbonyl (C=O) groups is 3. The van der Waals surface area contributed by atoms with E-state index in [4.69, 9.17) is 9.47 Å². The van der Waals surface area contributed by atoms with Crippen LogP contribution in [0.25, 0.3) is 0 Å². The van der Waals surface area contributed by atoms with E-state index in [1.54, 1.807) is 49.4 Å². The van der Waals surface area contributed by atoms with Crippen molar-refractivity contribution in [3.05, 3.63) is 89.3 Å². The lowest BCUT2D eigenvalue weighted by atomic mass is 9.72. The number of rotatable bonds is 18. The van der Waals surface area contributed by atoms with Crippen molar-refractivity contribution in [3.8, 4) is 5.75 Å². The minimum absolute atomic E-state index is 0.0216. The number of benzene rings is 2. The molecular formula is C38H48FO6-. The van der Waals surface area contributed by atoms with Gasteiger partial charge < -0.3 is 19.4 Å². The second-order valence-electron chi connectivity index (χ2n) is 12.5. The van der Waals surface area contributed by atoms with Crippen LogP contribution in [0.1, 0.15) is 126 Å². The Bertz CT molecular complexity index is 1330. The van der Waals surface area contributed by atoms with Crippen molar-refractivity contribution < 1.29 is 33.4 Å². The van der Waals surface area contributed by atoms with Crippen LogP contribution in [0.4, 0.5) is 4.39 Å². The molecule has 0 bridgehead atoms. The van der Waals surface area contributed by atoms with E-state index in [0.29, 0.717) is 30.1 Å². The number of ether oxygens (including phenoxy) is 2. The van der Waals surface area contributed by atoms with Gasteiger partial charge >= 0.3 is 11.9 Å². The van der Waals surface area contributed by atoms with Gasteiger partial charge in [0.25, 0.3) is 0 Å². The molecule has 0 spiro atoms. The van der Waals surface area contributed by atoms with Crippen molar-refractivity contribution >= 4 is 17.9 Å². The third-order valence-electron chi connectivity index (χ3n) is 8.33. The van der Waals surface area contributed by atoms with Crippen molar-refractivity contribution in [1.82, 2.24) is 0 Å². The van der Waals surface area contributed by atoms with Crippen LogP contribution in [-0.4, -0.2) is 24.0 Å². The van der Waals surface area contributed by atoms with Gasteiger partial charge in [0.15, 0.2) is 0 Å². The second-order valence-corrected chi connectivity index (χ2v) is 12.5. The van der Waals surface area contributed by atoms with Gasteiger partial charge in [-0.1, -0.05) is 108 Å². The first-order valence-corrected chi connectivity index (χ1v) is 16.5. The molecule has 0 N–H and O–H groups in total. The van der Waals surface area contributed by atoms with E-state index >= 15 is 4.39 Å². The van der Waals surface area contributed by atoms with Crippen LogP contribution in [0.15, 0.2) is 72.6 Å². The first-order valence-electron chi connectivity index (χ1n) is 16.5. The van der Waals surface area contributed by atoms with Crippen LogP contribution in [0.3, 0.4) is 0 Å². The molecule has 0 aliphatic heterocycles. The van der Waals surface area contributed by atoms with Gasteiger partial charge in [0.2, 0.25) is 0 Å². The third kappa shape index (κ3) is 10.1. The van der Waals surface area contributed by atoms with E-state index in [-0.39, 0.29) is 23.2 Å². The number of halogens is 1. The molecule has 2 aromatic rings. The highest BCUT2D eigenvalue weighted by molar-refractivity contribution is 5.97. The average Bonchev–Trinajstić information content (AvgIpc) is 3.00. The van der Waals surface area contributed by atoms with Gasteiger partial charge in [0, 0.05) is 12.3 Å². The standard InChI is InChI=1S/C38H49FO6/c1-5-6-7-8-9-10-11-19-35(40)45-31-22-20-29(21-23-31)30-24-25-38(37(42)43,34(39)26-30)33-18-13-12-17-32(33)36(41)44-28(4)16-14-15-27(2)3/h12-13,17-18,20-28,30H,5-11,14-16,19H2,1-4H3,(H,42,43)/p-1. The Morgan fingerprint density at radius 2 is 1.56 bits per heavy atom. The summed E-state index contributed by atoms with van der Waals surface area (Å²) in [6.07, 6.45) is 14.4. The normalized spacial score (nSPS) is 18.4. The summed E-state index contributed by atoms with van der Waals surface area (Å²) in [5.41, 5.74) is -1.66. The molecule has 7 heteroatoms. The molecule has 3 atom stereocenters. The molecule has 1 aliphatic carbocycles. The Hall–Kier alpha value is -3.74. The minimum Gasteiger partial charge on any atom is -0.548 e. The maximum Gasteiger partial charge on any atom is 0.338 e. The van der Waals surface area contributed by atoms with Gasteiger partial charge in [0.1, 0.15) is 17.0 Å². The Labute approximate surface area is 267 Å². The zero-order valence-corrected chi connectivity index (χ0v) is 27.2. The Morgan fingerprint density at radius 1 is 0.889 bits per heavy atom. The number of hydrogen-bond acceptors (Lipinski definition) is 6. The largest absolute Gasteiger partial charge is 0.548 e. The van der Waals surface area contributed by atoms with Crippen LogP contribution >= 0.6 is 0 Å². The fourth-order valence-electron chi connectivity index (χ4n) is 5.66. The summed E-state index contributed by atoms with van der Waals surface area (Å²) >= 11 is 0. The number of allylic oxidation sites excluding steroid dienone is 2. The SMILES string of the molecule is CCCCCCCCCC(=O)Oc1ccc(C2C=CC(C(=O)[O-])(c3ccccc3C(=O)OC(C)CCCC(C)C)C(F)=C2)cc1. The lowest BCUT2D eigenvalue weighted by molar-refractivity contribution is -0.310. The second kappa shape index (κ2) is 17.7. The van der Waals surface area contributed by atoms with Crippen molar-refractivity contribution in [3.63, 3.8) is 0 Å². The quantitative estimate of drug-likeness (QED) is 0.0721. The van der Waals surface area contributed by atoms with E-state index in [1.807, 2.05) is 0 Å². The summed E-state index contributed by atoms with van der Waals surface area (Å²) < 4.78 is 27.1. The van der Waals surface area contributed by atoms with Gasteiger partial charge in [-0.15, -0.1) is 0 Å². The maximum atomic E-state index is 16.0. The third-order valence-corrected chi connectivity index (χ3v) is 8.33. The van der Waals surface area contributed by atoms with Gasteiger partial charge in [-0.2, -0.15) is 0 Å². The van der Waals surface area contributed by atoms with E-state index in [1.165, 1.54) is 50.0 Å². The Morgan fingerprint density at radius 3 is 2.20 bits per heavy atom. The fourth-order valence-corrected chi connectivity index (χ4v) is 5.66. The predicted molar refractivity (Wildman–Crippen MR) is 172 cm³/mol. The highest BCUT2D eigenvalue weighted by Gasteiger charge is 2.42. The summed E-state index contributed by atoms with van der Waals surface area (Å²) in [5, 5.41) is 12.6. The first-order chi connectivity index (χ1) is 21.6. The first kappa shape index (κ1) is 35.7. The molecule has 1 aliphatic rings. The van der Waals surface area contributed by atoms with Gasteiger partial charge in [-0.3, -0.25) is 4.79 Å². The van der Waals surface area contributed by atoms with Crippen LogP contribution in [0.5, 0.6) is 5.75 Å². The van der Waals surface area contributed by atoms with E-state index < -0.39 is 29.1 Å². The number of aliphatic carboxylic acids is 1. The molecule has 244 valence electrons. The van der Waals surface area contributed by atoms with Gasteiger partial charge in [-0.05, 0) is 67.5 Å². The monoisotopic (exact) mass is 619 g/mol. The van der Waals surface area contributed by atoms with Crippen LogP contribution in [-0.2, 0) is 19.7 Å². The van der Waals surface area contributed by atoms with Crippen molar-refractivity contribution in [2.45, 2.75) is 116 Å². The van der Waals surface area contributed by atoms with Gasteiger partial charge in [-0.25, -0.2) is 9.18 Å². The van der Waals surface area contributed by atoms with E-state index in [9.17, 15) is 19.5 Å². The zero-order valence-electron chi connectivity index (χ0n) is 27.2. The predicted octanol–water partition coefficient (Wildman–Crippen LogP) is 8.30.